The van der Waals surface area contributed by atoms with E-state index >= 15 is 0 Å². The predicted octanol–water partition coefficient (Wildman–Crippen LogP) is 5.40. The van der Waals surface area contributed by atoms with E-state index in [9.17, 15) is 0 Å². The van der Waals surface area contributed by atoms with Gasteiger partial charge in [-0.15, -0.1) is 0 Å². The molecule has 2 nitrogen and oxygen atoms in total. The molecule has 26 heavy (non-hydrogen) atoms. The lowest BCUT2D eigenvalue weighted by Gasteiger charge is -2.27. The molecule has 0 N–H and O–H groups in total. The monoisotopic (exact) mass is 350 g/mol. The van der Waals surface area contributed by atoms with Gasteiger partial charge in [0.25, 0.3) is 0 Å². The molecule has 1 heterocycles. The van der Waals surface area contributed by atoms with E-state index < -0.39 is 0 Å². The summed E-state index contributed by atoms with van der Waals surface area (Å²) in [4.78, 5) is 0. The maximum atomic E-state index is 6.38. The Kier molecular flexibility index (Phi) is 6.49. The zero-order valence-corrected chi connectivity index (χ0v) is 16.3. The zero-order valence-electron chi connectivity index (χ0n) is 16.3. The molecule has 0 amide bonds. The second kappa shape index (κ2) is 9.02. The number of hydrogen-bond acceptors (Lipinski definition) is 1. The summed E-state index contributed by atoms with van der Waals surface area (Å²) in [6.07, 6.45) is 5.83. The summed E-state index contributed by atoms with van der Waals surface area (Å²) in [6, 6.07) is 21.9. The van der Waals surface area contributed by atoms with E-state index in [1.165, 1.54) is 36.8 Å². The topological polar surface area (TPSA) is 12.2 Å². The summed E-state index contributed by atoms with van der Waals surface area (Å²) in [7, 11) is 0. The van der Waals surface area contributed by atoms with Gasteiger partial charge in [0.1, 0.15) is 18.5 Å². The van der Waals surface area contributed by atoms with Crippen LogP contribution >= 0.6 is 0 Å². The van der Waals surface area contributed by atoms with E-state index in [1.807, 2.05) is 0 Å². The Morgan fingerprint density at radius 1 is 0.808 bits per heavy atom. The van der Waals surface area contributed by atoms with Crippen LogP contribution < -0.4 is 0 Å². The quantitative estimate of drug-likeness (QED) is 0.580. The molecule has 1 aliphatic heterocycles. The first kappa shape index (κ1) is 18.7. The minimum Gasteiger partial charge on any atom is -0.447 e. The smallest absolute Gasteiger partial charge is 0.351 e. The minimum absolute atomic E-state index is 0.163. The first-order valence-corrected chi connectivity index (χ1v) is 10.2. The Bertz CT molecular complexity index is 656. The number of benzene rings is 2. The fourth-order valence-corrected chi connectivity index (χ4v) is 4.05. The Morgan fingerprint density at radius 3 is 1.77 bits per heavy atom. The van der Waals surface area contributed by atoms with Crippen molar-refractivity contribution < 1.29 is 9.31 Å². The van der Waals surface area contributed by atoms with Gasteiger partial charge in [-0.05, 0) is 11.1 Å². The van der Waals surface area contributed by atoms with Crippen LogP contribution in [0.2, 0.25) is 0 Å². The summed E-state index contributed by atoms with van der Waals surface area (Å²) >= 11 is 0. The highest BCUT2D eigenvalue weighted by Crippen LogP contribution is 2.41. The van der Waals surface area contributed by atoms with E-state index in [4.69, 9.17) is 4.74 Å². The third-order valence-corrected chi connectivity index (χ3v) is 5.46. The number of nitrogens with zero attached hydrogens (tertiary/aromatic N) is 1. The van der Waals surface area contributed by atoms with Crippen LogP contribution in [0.1, 0.15) is 57.1 Å². The molecule has 0 aromatic heterocycles. The van der Waals surface area contributed by atoms with Crippen molar-refractivity contribution in [2.24, 2.45) is 0 Å². The SMILES string of the molecule is CCCC[N+](CCCC)=C1OCCC1(c1ccccc1)c1ccccc1. The molecule has 0 spiro atoms. The van der Waals surface area contributed by atoms with Crippen LogP contribution in [-0.4, -0.2) is 30.2 Å². The van der Waals surface area contributed by atoms with Crippen molar-refractivity contribution in [3.05, 3.63) is 71.8 Å². The second-order valence-electron chi connectivity index (χ2n) is 7.24. The molecule has 0 saturated carbocycles. The molecular weight excluding hydrogens is 318 g/mol. The molecule has 0 radical (unpaired) electrons. The molecule has 1 aliphatic rings. The van der Waals surface area contributed by atoms with Gasteiger partial charge in [-0.25, -0.2) is 4.58 Å². The lowest BCUT2D eigenvalue weighted by atomic mass is 9.73. The Labute approximate surface area is 158 Å². The average Bonchev–Trinajstić information content (AvgIpc) is 3.15. The summed E-state index contributed by atoms with van der Waals surface area (Å²) in [5, 5.41) is 0. The maximum absolute atomic E-state index is 6.38. The highest BCUT2D eigenvalue weighted by Gasteiger charge is 2.51. The number of hydrogen-bond donors (Lipinski definition) is 0. The van der Waals surface area contributed by atoms with Gasteiger partial charge >= 0.3 is 5.90 Å². The standard InChI is InChI=1S/C24H32NO/c1-3-5-18-25(19-6-4-2)23-24(17-20-26-23,21-13-9-7-10-14-21)22-15-11-8-12-16-22/h7-16H,3-6,17-20H2,1-2H3/q+1. The van der Waals surface area contributed by atoms with E-state index in [-0.39, 0.29) is 5.41 Å². The Morgan fingerprint density at radius 2 is 1.31 bits per heavy atom. The van der Waals surface area contributed by atoms with Gasteiger partial charge in [0.15, 0.2) is 0 Å². The molecule has 2 aromatic rings. The van der Waals surface area contributed by atoms with Gasteiger partial charge in [-0.2, -0.15) is 0 Å². The van der Waals surface area contributed by atoms with E-state index in [2.05, 4.69) is 79.1 Å². The van der Waals surface area contributed by atoms with Crippen molar-refractivity contribution in [3.63, 3.8) is 0 Å². The predicted molar refractivity (Wildman–Crippen MR) is 109 cm³/mol. The minimum atomic E-state index is -0.163. The fraction of sp³-hybridized carbons (Fsp3) is 0.458. The summed E-state index contributed by atoms with van der Waals surface area (Å²) in [5.74, 6) is 1.16. The van der Waals surface area contributed by atoms with Crippen molar-refractivity contribution in [1.29, 1.82) is 0 Å². The van der Waals surface area contributed by atoms with Gasteiger partial charge in [0.2, 0.25) is 0 Å². The molecule has 1 saturated heterocycles. The molecule has 3 rings (SSSR count). The lowest BCUT2D eigenvalue weighted by molar-refractivity contribution is -0.538. The third kappa shape index (κ3) is 3.70. The van der Waals surface area contributed by atoms with Crippen molar-refractivity contribution in [2.45, 2.75) is 51.4 Å². The van der Waals surface area contributed by atoms with E-state index in [0.717, 1.165) is 32.0 Å². The van der Waals surface area contributed by atoms with Crippen LogP contribution in [0.4, 0.5) is 0 Å². The molecule has 0 bridgehead atoms. The van der Waals surface area contributed by atoms with Gasteiger partial charge in [-0.3, -0.25) is 0 Å². The van der Waals surface area contributed by atoms with Crippen LogP contribution in [0.15, 0.2) is 60.7 Å². The summed E-state index contributed by atoms with van der Waals surface area (Å²) < 4.78 is 8.90. The normalized spacial score (nSPS) is 15.7. The van der Waals surface area contributed by atoms with Crippen LogP contribution in [0, 0.1) is 0 Å². The van der Waals surface area contributed by atoms with Gasteiger partial charge in [0.05, 0.1) is 6.61 Å². The second-order valence-corrected chi connectivity index (χ2v) is 7.24. The molecule has 2 aromatic carbocycles. The van der Waals surface area contributed by atoms with Crippen LogP contribution in [0.25, 0.3) is 0 Å². The maximum Gasteiger partial charge on any atom is 0.351 e. The zero-order chi connectivity index (χ0) is 18.2. The molecular formula is C24H32NO+. The van der Waals surface area contributed by atoms with E-state index in [0.29, 0.717) is 0 Å². The average molecular weight is 351 g/mol. The van der Waals surface area contributed by atoms with Crippen molar-refractivity contribution >= 4 is 5.90 Å². The first-order chi connectivity index (χ1) is 12.8. The highest BCUT2D eigenvalue weighted by atomic mass is 16.5. The van der Waals surface area contributed by atoms with Gasteiger partial charge in [-0.1, -0.05) is 87.4 Å². The van der Waals surface area contributed by atoms with Gasteiger partial charge in [0, 0.05) is 19.3 Å². The molecule has 0 aliphatic carbocycles. The summed E-state index contributed by atoms with van der Waals surface area (Å²) in [6.45, 7) is 7.47. The summed E-state index contributed by atoms with van der Waals surface area (Å²) in [5.41, 5.74) is 2.53. The Hall–Kier alpha value is -2.09. The molecule has 138 valence electrons. The largest absolute Gasteiger partial charge is 0.447 e. The van der Waals surface area contributed by atoms with Crippen molar-refractivity contribution in [3.8, 4) is 0 Å². The van der Waals surface area contributed by atoms with Gasteiger partial charge < -0.3 is 4.74 Å². The lowest BCUT2D eigenvalue weighted by Crippen LogP contribution is -2.40. The Balaban J connectivity index is 2.16. The first-order valence-electron chi connectivity index (χ1n) is 10.2. The highest BCUT2D eigenvalue weighted by molar-refractivity contribution is 5.90. The molecule has 1 fully saturated rings. The molecule has 0 unspecified atom stereocenters. The van der Waals surface area contributed by atoms with Crippen LogP contribution in [0.5, 0.6) is 0 Å². The molecule has 0 atom stereocenters. The number of rotatable bonds is 8. The number of unbranched alkanes of at least 4 members (excludes halogenated alkanes) is 2. The molecule has 2 heteroatoms. The van der Waals surface area contributed by atoms with Crippen LogP contribution in [-0.2, 0) is 10.2 Å². The van der Waals surface area contributed by atoms with E-state index in [1.54, 1.807) is 0 Å². The van der Waals surface area contributed by atoms with Crippen LogP contribution in [0.3, 0.4) is 0 Å². The van der Waals surface area contributed by atoms with Crippen molar-refractivity contribution in [2.75, 3.05) is 19.7 Å². The third-order valence-electron chi connectivity index (χ3n) is 5.46. The fourth-order valence-electron chi connectivity index (χ4n) is 4.05. The van der Waals surface area contributed by atoms with Crippen molar-refractivity contribution in [1.82, 2.24) is 0 Å². The number of ether oxygens (including phenoxy) is 1.